The number of hydrogen-bond acceptors (Lipinski definition) is 5. The lowest BCUT2D eigenvalue weighted by Gasteiger charge is -2.11. The monoisotopic (exact) mass is 346 g/mol. The molecule has 2 aromatic heterocycles. The van der Waals surface area contributed by atoms with Crippen LogP contribution in [-0.2, 0) is 6.42 Å². The first kappa shape index (κ1) is 15.6. The maximum absolute atomic E-state index is 4.69. The van der Waals surface area contributed by atoms with Crippen LogP contribution in [0.3, 0.4) is 0 Å². The quantitative estimate of drug-likeness (QED) is 0.510. The van der Waals surface area contributed by atoms with Crippen molar-refractivity contribution >= 4 is 39.7 Å². The molecule has 0 radical (unpaired) electrons. The summed E-state index contributed by atoms with van der Waals surface area (Å²) in [6.07, 6.45) is 0.984. The Kier molecular flexibility index (Phi) is 4.57. The van der Waals surface area contributed by atoms with E-state index in [9.17, 15) is 0 Å². The molecule has 4 aromatic rings. The number of para-hydroxylation sites is 2. The number of thiophene rings is 1. The molecule has 0 saturated heterocycles. The lowest BCUT2D eigenvalue weighted by molar-refractivity contribution is 1.03. The zero-order valence-electron chi connectivity index (χ0n) is 13.6. The van der Waals surface area contributed by atoms with Crippen LogP contribution in [0.25, 0.3) is 10.9 Å². The second kappa shape index (κ2) is 7.32. The van der Waals surface area contributed by atoms with Gasteiger partial charge in [0.15, 0.2) is 0 Å². The highest BCUT2D eigenvalue weighted by molar-refractivity contribution is 7.09. The van der Waals surface area contributed by atoms with Crippen LogP contribution in [0, 0.1) is 0 Å². The van der Waals surface area contributed by atoms with E-state index < -0.39 is 0 Å². The summed E-state index contributed by atoms with van der Waals surface area (Å²) in [6, 6.07) is 22.3. The van der Waals surface area contributed by atoms with Crippen molar-refractivity contribution in [3.63, 3.8) is 0 Å². The van der Waals surface area contributed by atoms with Gasteiger partial charge in [-0.25, -0.2) is 4.98 Å². The van der Waals surface area contributed by atoms with E-state index in [1.165, 1.54) is 4.88 Å². The van der Waals surface area contributed by atoms with Gasteiger partial charge in [0.05, 0.1) is 5.52 Å². The molecule has 0 fully saturated rings. The van der Waals surface area contributed by atoms with Crippen molar-refractivity contribution in [2.45, 2.75) is 6.42 Å². The first-order valence-electron chi connectivity index (χ1n) is 8.23. The summed E-state index contributed by atoms with van der Waals surface area (Å²) in [4.78, 5) is 10.7. The Bertz CT molecular complexity index is 952. The van der Waals surface area contributed by atoms with Gasteiger partial charge in [-0.1, -0.05) is 36.4 Å². The first-order chi connectivity index (χ1) is 12.4. The third kappa shape index (κ3) is 3.78. The number of nitrogens with one attached hydrogen (secondary N) is 2. The van der Waals surface area contributed by atoms with Crippen molar-refractivity contribution < 1.29 is 0 Å². The highest BCUT2D eigenvalue weighted by atomic mass is 32.1. The van der Waals surface area contributed by atoms with E-state index in [2.05, 4.69) is 44.2 Å². The molecule has 0 aliphatic rings. The van der Waals surface area contributed by atoms with Gasteiger partial charge in [-0.15, -0.1) is 11.3 Å². The molecule has 0 amide bonds. The van der Waals surface area contributed by atoms with Gasteiger partial charge in [0.1, 0.15) is 5.82 Å². The van der Waals surface area contributed by atoms with Gasteiger partial charge >= 0.3 is 0 Å². The van der Waals surface area contributed by atoms with Crippen molar-refractivity contribution in [2.24, 2.45) is 0 Å². The Morgan fingerprint density at radius 3 is 2.52 bits per heavy atom. The number of fused-ring (bicyclic) bond motifs is 1. The number of benzene rings is 2. The molecular weight excluding hydrogens is 328 g/mol. The lowest BCUT2D eigenvalue weighted by Crippen LogP contribution is -2.08. The Morgan fingerprint density at radius 1 is 0.840 bits per heavy atom. The van der Waals surface area contributed by atoms with Gasteiger partial charge in [-0.2, -0.15) is 4.98 Å². The van der Waals surface area contributed by atoms with Gasteiger partial charge in [-0.05, 0) is 42.1 Å². The number of aromatic nitrogens is 2. The molecule has 5 heteroatoms. The summed E-state index contributed by atoms with van der Waals surface area (Å²) >= 11 is 1.78. The highest BCUT2D eigenvalue weighted by Crippen LogP contribution is 2.23. The second-order valence-electron chi connectivity index (χ2n) is 5.66. The minimum atomic E-state index is 0.600. The van der Waals surface area contributed by atoms with Gasteiger partial charge in [0.25, 0.3) is 0 Å². The largest absolute Gasteiger partial charge is 0.369 e. The summed E-state index contributed by atoms with van der Waals surface area (Å²) in [6.45, 7) is 0.840. The maximum Gasteiger partial charge on any atom is 0.229 e. The average Bonchev–Trinajstić information content (AvgIpc) is 3.16. The predicted octanol–water partition coefficient (Wildman–Crippen LogP) is 5.09. The highest BCUT2D eigenvalue weighted by Gasteiger charge is 2.07. The molecule has 0 aliphatic carbocycles. The van der Waals surface area contributed by atoms with E-state index in [0.29, 0.717) is 5.95 Å². The molecule has 0 aliphatic heterocycles. The van der Waals surface area contributed by atoms with Crippen LogP contribution in [0.15, 0.2) is 72.1 Å². The van der Waals surface area contributed by atoms with Crippen LogP contribution < -0.4 is 10.6 Å². The van der Waals surface area contributed by atoms with Crippen LogP contribution in [-0.4, -0.2) is 16.5 Å². The second-order valence-corrected chi connectivity index (χ2v) is 6.69. The molecule has 4 rings (SSSR count). The standard InChI is InChI=1S/C20H18N4S/c1-2-7-15(8-3-1)22-20-23-18-11-5-4-10-17(18)19(24-20)21-13-12-16-9-6-14-25-16/h1-11,14H,12-13H2,(H2,21,22,23,24). The SMILES string of the molecule is c1ccc(Nc2nc(NCCc3cccs3)c3ccccc3n2)cc1. The zero-order chi connectivity index (χ0) is 16.9. The van der Waals surface area contributed by atoms with Crippen LogP contribution in [0.4, 0.5) is 17.5 Å². The molecule has 0 spiro atoms. The molecule has 4 nitrogen and oxygen atoms in total. The molecule has 0 saturated carbocycles. The molecule has 2 N–H and O–H groups in total. The fraction of sp³-hybridized carbons (Fsp3) is 0.100. The normalized spacial score (nSPS) is 10.7. The van der Waals surface area contributed by atoms with E-state index in [0.717, 1.165) is 35.4 Å². The lowest BCUT2D eigenvalue weighted by atomic mass is 10.2. The van der Waals surface area contributed by atoms with E-state index in [4.69, 9.17) is 0 Å². The van der Waals surface area contributed by atoms with Crippen molar-refractivity contribution in [2.75, 3.05) is 17.2 Å². The van der Waals surface area contributed by atoms with Crippen molar-refractivity contribution in [3.8, 4) is 0 Å². The minimum Gasteiger partial charge on any atom is -0.369 e. The molecular formula is C20H18N4S. The van der Waals surface area contributed by atoms with Gasteiger partial charge in [0, 0.05) is 22.5 Å². The van der Waals surface area contributed by atoms with Crippen LogP contribution in [0.2, 0.25) is 0 Å². The van der Waals surface area contributed by atoms with Crippen LogP contribution in [0.1, 0.15) is 4.88 Å². The Morgan fingerprint density at radius 2 is 1.68 bits per heavy atom. The fourth-order valence-corrected chi connectivity index (χ4v) is 3.39. The number of rotatable bonds is 6. The summed E-state index contributed by atoms with van der Waals surface area (Å²) in [5, 5.41) is 9.89. The summed E-state index contributed by atoms with van der Waals surface area (Å²) in [5.41, 5.74) is 1.90. The van der Waals surface area contributed by atoms with Crippen LogP contribution >= 0.6 is 11.3 Å². The van der Waals surface area contributed by atoms with E-state index in [1.54, 1.807) is 11.3 Å². The topological polar surface area (TPSA) is 49.8 Å². The molecule has 124 valence electrons. The molecule has 2 aromatic carbocycles. The number of nitrogens with zero attached hydrogens (tertiary/aromatic N) is 2. The predicted molar refractivity (Wildman–Crippen MR) is 106 cm³/mol. The third-order valence-corrected chi connectivity index (χ3v) is 4.81. The third-order valence-electron chi connectivity index (χ3n) is 3.88. The Labute approximate surface area is 150 Å². The van der Waals surface area contributed by atoms with E-state index in [1.807, 2.05) is 48.5 Å². The molecule has 0 atom stereocenters. The van der Waals surface area contributed by atoms with Gasteiger partial charge in [0.2, 0.25) is 5.95 Å². The number of anilines is 3. The summed E-state index contributed by atoms with van der Waals surface area (Å²) < 4.78 is 0. The van der Waals surface area contributed by atoms with E-state index >= 15 is 0 Å². The minimum absolute atomic E-state index is 0.600. The first-order valence-corrected chi connectivity index (χ1v) is 9.11. The average molecular weight is 346 g/mol. The summed E-state index contributed by atoms with van der Waals surface area (Å²) in [5.74, 6) is 1.46. The summed E-state index contributed by atoms with van der Waals surface area (Å²) in [7, 11) is 0. The van der Waals surface area contributed by atoms with Crippen molar-refractivity contribution in [1.29, 1.82) is 0 Å². The molecule has 25 heavy (non-hydrogen) atoms. The van der Waals surface area contributed by atoms with Crippen LogP contribution in [0.5, 0.6) is 0 Å². The van der Waals surface area contributed by atoms with Crippen molar-refractivity contribution in [3.05, 3.63) is 77.0 Å². The smallest absolute Gasteiger partial charge is 0.229 e. The molecule has 2 heterocycles. The van der Waals surface area contributed by atoms with Gasteiger partial charge in [-0.3, -0.25) is 0 Å². The molecule has 0 unspecified atom stereocenters. The molecule has 0 bridgehead atoms. The van der Waals surface area contributed by atoms with E-state index in [-0.39, 0.29) is 0 Å². The van der Waals surface area contributed by atoms with Gasteiger partial charge < -0.3 is 10.6 Å². The zero-order valence-corrected chi connectivity index (χ0v) is 14.5. The fourth-order valence-electron chi connectivity index (χ4n) is 2.68. The maximum atomic E-state index is 4.69. The number of hydrogen-bond donors (Lipinski definition) is 2. The Hall–Kier alpha value is -2.92. The Balaban J connectivity index is 1.59. The van der Waals surface area contributed by atoms with Crippen molar-refractivity contribution in [1.82, 2.24) is 9.97 Å².